The molecule has 0 saturated carbocycles. The Morgan fingerprint density at radius 2 is 1.68 bits per heavy atom. The molecular formula is C16H19F3N2O. The lowest BCUT2D eigenvalue weighted by Gasteiger charge is -2.17. The van der Waals surface area contributed by atoms with Crippen LogP contribution in [0.5, 0.6) is 5.75 Å². The Morgan fingerprint density at radius 1 is 1.09 bits per heavy atom. The van der Waals surface area contributed by atoms with E-state index < -0.39 is 12.8 Å². The molecule has 0 aliphatic rings. The fourth-order valence-electron chi connectivity index (χ4n) is 2.20. The summed E-state index contributed by atoms with van der Waals surface area (Å²) >= 11 is 0. The Hall–Kier alpha value is -1.98. The second-order valence-electron chi connectivity index (χ2n) is 6.22. The Kier molecular flexibility index (Phi) is 4.22. The number of nitrogens with zero attached hydrogens (tertiary/aromatic N) is 2. The Bertz CT molecular complexity index is 637. The summed E-state index contributed by atoms with van der Waals surface area (Å²) in [6.45, 7) is 5.01. The summed E-state index contributed by atoms with van der Waals surface area (Å²) in [5.74, 6) is 0.188. The van der Waals surface area contributed by atoms with Gasteiger partial charge in [0.05, 0.1) is 5.69 Å². The van der Waals surface area contributed by atoms with Crippen LogP contribution in [0.25, 0.3) is 11.3 Å². The van der Waals surface area contributed by atoms with Gasteiger partial charge in [-0.05, 0) is 30.3 Å². The van der Waals surface area contributed by atoms with Crippen LogP contribution in [0.15, 0.2) is 30.3 Å². The molecule has 3 nitrogen and oxygen atoms in total. The molecule has 0 amide bonds. The number of hydrogen-bond acceptors (Lipinski definition) is 2. The van der Waals surface area contributed by atoms with Crippen LogP contribution in [0.2, 0.25) is 0 Å². The van der Waals surface area contributed by atoms with Gasteiger partial charge in [-0.2, -0.15) is 18.3 Å². The Labute approximate surface area is 127 Å². The van der Waals surface area contributed by atoms with Crippen LogP contribution in [0.1, 0.15) is 26.5 Å². The van der Waals surface area contributed by atoms with Crippen LogP contribution in [-0.4, -0.2) is 22.6 Å². The third-order valence-corrected chi connectivity index (χ3v) is 3.20. The number of benzene rings is 1. The fourth-order valence-corrected chi connectivity index (χ4v) is 2.20. The largest absolute Gasteiger partial charge is 0.484 e. The number of ether oxygens (including phenoxy) is 1. The van der Waals surface area contributed by atoms with E-state index in [1.54, 1.807) is 12.1 Å². The zero-order valence-electron chi connectivity index (χ0n) is 13.0. The van der Waals surface area contributed by atoms with Crippen molar-refractivity contribution in [3.05, 3.63) is 36.0 Å². The lowest BCUT2D eigenvalue weighted by Crippen LogP contribution is -2.19. The molecule has 0 fully saturated rings. The molecule has 2 rings (SSSR count). The predicted octanol–water partition coefficient (Wildman–Crippen LogP) is 4.33. The maximum absolute atomic E-state index is 12.1. The van der Waals surface area contributed by atoms with E-state index in [4.69, 9.17) is 4.74 Å². The molecule has 0 aliphatic heterocycles. The Morgan fingerprint density at radius 3 is 2.14 bits per heavy atom. The predicted molar refractivity (Wildman–Crippen MR) is 78.9 cm³/mol. The zero-order chi connectivity index (χ0) is 16.5. The quantitative estimate of drug-likeness (QED) is 0.843. The maximum Gasteiger partial charge on any atom is 0.422 e. The van der Waals surface area contributed by atoms with Gasteiger partial charge >= 0.3 is 6.18 Å². The molecule has 0 radical (unpaired) electrons. The minimum absolute atomic E-state index is 0.0320. The van der Waals surface area contributed by atoms with Gasteiger partial charge in [-0.3, -0.25) is 4.68 Å². The summed E-state index contributed by atoms with van der Waals surface area (Å²) in [7, 11) is 1.88. The number of hydrogen-bond donors (Lipinski definition) is 0. The first-order valence-corrected chi connectivity index (χ1v) is 6.91. The highest BCUT2D eigenvalue weighted by Gasteiger charge is 2.28. The number of aryl methyl sites for hydroxylation is 1. The molecule has 6 heteroatoms. The molecule has 1 heterocycles. The van der Waals surface area contributed by atoms with Crippen LogP contribution in [0.3, 0.4) is 0 Å². The summed E-state index contributed by atoms with van der Waals surface area (Å²) in [5, 5.41) is 4.46. The average Bonchev–Trinajstić information content (AvgIpc) is 2.78. The van der Waals surface area contributed by atoms with E-state index in [0.29, 0.717) is 0 Å². The van der Waals surface area contributed by atoms with Crippen molar-refractivity contribution in [2.24, 2.45) is 7.05 Å². The van der Waals surface area contributed by atoms with E-state index in [1.165, 1.54) is 12.1 Å². The second-order valence-corrected chi connectivity index (χ2v) is 6.22. The molecular weight excluding hydrogens is 293 g/mol. The minimum Gasteiger partial charge on any atom is -0.484 e. The Balaban J connectivity index is 2.17. The van der Waals surface area contributed by atoms with E-state index in [1.807, 2.05) is 17.8 Å². The van der Waals surface area contributed by atoms with Crippen molar-refractivity contribution in [3.63, 3.8) is 0 Å². The first-order valence-electron chi connectivity index (χ1n) is 6.91. The third kappa shape index (κ3) is 4.02. The highest BCUT2D eigenvalue weighted by atomic mass is 19.4. The molecule has 1 aromatic heterocycles. The summed E-state index contributed by atoms with van der Waals surface area (Å²) in [4.78, 5) is 0. The van der Waals surface area contributed by atoms with Crippen LogP contribution in [0.4, 0.5) is 13.2 Å². The highest BCUT2D eigenvalue weighted by Crippen LogP contribution is 2.28. The molecule has 2 aromatic rings. The smallest absolute Gasteiger partial charge is 0.422 e. The van der Waals surface area contributed by atoms with Gasteiger partial charge in [-0.15, -0.1) is 0 Å². The van der Waals surface area contributed by atoms with Crippen LogP contribution in [-0.2, 0) is 12.5 Å². The van der Waals surface area contributed by atoms with Gasteiger partial charge in [0.25, 0.3) is 0 Å². The number of halogens is 3. The molecule has 0 unspecified atom stereocenters. The highest BCUT2D eigenvalue weighted by molar-refractivity contribution is 5.60. The normalized spacial score (nSPS) is 12.5. The minimum atomic E-state index is -4.33. The van der Waals surface area contributed by atoms with Crippen LogP contribution in [0, 0.1) is 0 Å². The van der Waals surface area contributed by atoms with E-state index in [-0.39, 0.29) is 11.2 Å². The molecule has 1 aromatic carbocycles. The second kappa shape index (κ2) is 5.66. The molecule has 0 aliphatic carbocycles. The van der Waals surface area contributed by atoms with Crippen molar-refractivity contribution < 1.29 is 17.9 Å². The van der Waals surface area contributed by atoms with Gasteiger partial charge in [0.2, 0.25) is 0 Å². The van der Waals surface area contributed by atoms with Crippen LogP contribution < -0.4 is 4.74 Å². The molecule has 22 heavy (non-hydrogen) atoms. The summed E-state index contributed by atoms with van der Waals surface area (Å²) in [5.41, 5.74) is 2.68. The number of aromatic nitrogens is 2. The monoisotopic (exact) mass is 312 g/mol. The van der Waals surface area contributed by atoms with Crippen molar-refractivity contribution in [2.75, 3.05) is 6.61 Å². The van der Waals surface area contributed by atoms with E-state index in [2.05, 4.69) is 25.9 Å². The molecule has 120 valence electrons. The topological polar surface area (TPSA) is 27.1 Å². The van der Waals surface area contributed by atoms with Gasteiger partial charge in [-0.1, -0.05) is 20.8 Å². The lowest BCUT2D eigenvalue weighted by atomic mass is 9.91. The summed E-state index contributed by atoms with van der Waals surface area (Å²) in [6, 6.07) is 8.45. The molecule has 0 saturated heterocycles. The third-order valence-electron chi connectivity index (χ3n) is 3.20. The van der Waals surface area contributed by atoms with Gasteiger partial charge in [0, 0.05) is 23.7 Å². The van der Waals surface area contributed by atoms with Crippen molar-refractivity contribution in [2.45, 2.75) is 32.4 Å². The fraction of sp³-hybridized carbons (Fsp3) is 0.438. The van der Waals surface area contributed by atoms with Crippen molar-refractivity contribution >= 4 is 0 Å². The van der Waals surface area contributed by atoms with Gasteiger partial charge in [-0.25, -0.2) is 0 Å². The maximum atomic E-state index is 12.1. The summed E-state index contributed by atoms with van der Waals surface area (Å²) < 4.78 is 42.8. The first kappa shape index (κ1) is 16.4. The van der Waals surface area contributed by atoms with Crippen molar-refractivity contribution in [1.82, 2.24) is 9.78 Å². The van der Waals surface area contributed by atoms with E-state index in [0.717, 1.165) is 17.0 Å². The number of rotatable bonds is 3. The lowest BCUT2D eigenvalue weighted by molar-refractivity contribution is -0.153. The SMILES string of the molecule is Cn1nc(-c2ccc(OCC(F)(F)F)cc2)cc1C(C)(C)C. The molecule has 0 spiro atoms. The van der Waals surface area contributed by atoms with Crippen molar-refractivity contribution in [1.29, 1.82) is 0 Å². The van der Waals surface area contributed by atoms with Gasteiger partial charge in [0.15, 0.2) is 6.61 Å². The summed E-state index contributed by atoms with van der Waals surface area (Å²) in [6.07, 6.45) is -4.33. The zero-order valence-corrected chi connectivity index (χ0v) is 13.0. The molecule has 0 atom stereocenters. The molecule has 0 bridgehead atoms. The first-order chi connectivity index (χ1) is 10.1. The standard InChI is InChI=1S/C16H19F3N2O/c1-15(2,3)14-9-13(20-21(14)4)11-5-7-12(8-6-11)22-10-16(17,18)19/h5-9H,10H2,1-4H3. The average molecular weight is 312 g/mol. The molecule has 0 N–H and O–H groups in total. The van der Waals surface area contributed by atoms with Crippen molar-refractivity contribution in [3.8, 4) is 17.0 Å². The number of alkyl halides is 3. The van der Waals surface area contributed by atoms with Gasteiger partial charge in [0.1, 0.15) is 5.75 Å². The van der Waals surface area contributed by atoms with E-state index in [9.17, 15) is 13.2 Å². The van der Waals surface area contributed by atoms with Gasteiger partial charge < -0.3 is 4.74 Å². The van der Waals surface area contributed by atoms with E-state index >= 15 is 0 Å². The van der Waals surface area contributed by atoms with Crippen LogP contribution >= 0.6 is 0 Å².